The van der Waals surface area contributed by atoms with Crippen LogP contribution in [0.5, 0.6) is 0 Å². The van der Waals surface area contributed by atoms with Gasteiger partial charge in [0.05, 0.1) is 144 Å². The lowest BCUT2D eigenvalue weighted by molar-refractivity contribution is -0.927. The number of aryl methyl sites for hydroxylation is 4. The largest absolute Gasteiger partial charge is 0.459 e. The van der Waals surface area contributed by atoms with E-state index in [2.05, 4.69) is 204 Å². The zero-order chi connectivity index (χ0) is 96.2. The maximum atomic E-state index is 12.9. The summed E-state index contributed by atoms with van der Waals surface area (Å²) < 4.78 is 39.5. The first-order valence-corrected chi connectivity index (χ1v) is 50.7. The molecule has 722 valence electrons. The van der Waals surface area contributed by atoms with Crippen LogP contribution in [0, 0.1) is 0 Å². The highest BCUT2D eigenvalue weighted by atomic mass is 16.6. The van der Waals surface area contributed by atoms with Crippen LogP contribution in [0.25, 0.3) is 22.3 Å². The number of hydrogen-bond donors (Lipinski definition) is 0. The second kappa shape index (κ2) is 52.4. The van der Waals surface area contributed by atoms with Gasteiger partial charge in [-0.25, -0.2) is 0 Å². The van der Waals surface area contributed by atoms with Crippen molar-refractivity contribution in [3.63, 3.8) is 0 Å². The zero-order valence-electron chi connectivity index (χ0n) is 84.7. The third-order valence-corrected chi connectivity index (χ3v) is 29.5. The average molecular weight is 1820 g/mol. The van der Waals surface area contributed by atoms with Gasteiger partial charge < -0.3 is 55.3 Å². The van der Waals surface area contributed by atoms with E-state index < -0.39 is 0 Å². The van der Waals surface area contributed by atoms with Crippen LogP contribution in [-0.4, -0.2) is 262 Å². The van der Waals surface area contributed by atoms with Gasteiger partial charge >= 0.3 is 35.8 Å². The van der Waals surface area contributed by atoms with E-state index >= 15 is 0 Å². The van der Waals surface area contributed by atoms with Gasteiger partial charge in [0.25, 0.3) is 0 Å². The minimum atomic E-state index is -0.292. The maximum absolute atomic E-state index is 12.9. The van der Waals surface area contributed by atoms with Crippen molar-refractivity contribution < 1.29 is 84.1 Å². The number of quaternary nitrogens is 6. The molecule has 5 unspecified atom stereocenters. The van der Waals surface area contributed by atoms with Gasteiger partial charge in [-0.3, -0.25) is 28.8 Å². The molecule has 0 fully saturated rings. The third-order valence-electron chi connectivity index (χ3n) is 29.5. The number of carbonyl (C=O) groups excluding carboxylic acids is 6. The molecule has 14 rings (SSSR count). The van der Waals surface area contributed by atoms with E-state index in [1.165, 1.54) is 97.2 Å². The van der Waals surface area contributed by atoms with E-state index in [4.69, 9.17) is 28.4 Å². The highest BCUT2D eigenvalue weighted by molar-refractivity contribution is 5.95. The molecule has 6 aliphatic carbocycles. The number of ether oxygens (including phenoxy) is 6. The topological polar surface area (TPSA) is 158 Å². The van der Waals surface area contributed by atoms with Crippen molar-refractivity contribution in [2.75, 3.05) is 200 Å². The minimum Gasteiger partial charge on any atom is -0.459 e. The Labute approximate surface area is 800 Å². The van der Waals surface area contributed by atoms with Crippen LogP contribution in [-0.2, 0) is 82.9 Å². The first-order chi connectivity index (χ1) is 64.1. The van der Waals surface area contributed by atoms with E-state index in [1.807, 2.05) is 115 Å². The van der Waals surface area contributed by atoms with E-state index in [0.717, 1.165) is 220 Å². The molecule has 5 atom stereocenters. The van der Waals surface area contributed by atoms with Crippen molar-refractivity contribution in [2.45, 2.75) is 202 Å². The second-order valence-electron chi connectivity index (χ2n) is 39.4. The average Bonchev–Trinajstić information content (AvgIpc) is 1.61. The standard InChI is InChI=1S/C22H28NO2.C21H34NO2.C20H32NO2.C19H22NO2.C18H28NO2.C15H22NO2/c1-4-23(5-2,6-3)15-16-25-22(24)21-19-13-9-7-11-17(19)18-12-8-10-14-20(18)21;1-4-7-15-22(6-3,14-5-2)16-17-24-21(23)20-13-12-18-10-8-9-11-19(18)20;1-4-13-21(6-3,14-5-2)15-16-23-20(22)19-12-11-17-9-7-8-10-18(17)19;1-20(2,3)12-13-22-19(21)18-16-10-6-4-8-14(16)15-9-5-7-11-17(15)18;1-4-19(5-2,6-3)13-14-21-18(20)17-12-11-15-9-7-8-10-16(15)17;1-16(2,3)10-11-18-15(17)14-9-8-12-6-4-5-7-13(12)14/h7-14,21H,4-6,15-16H2,1-3H3;8-11,20H,4-7,12-17H2,1-3H3;7-10,19H,4-6,11-16H2,1-3H3;4-11,18H,12-13H2,1-3H3;7-10,17H,4-6,11-14H2,1-3H3;4-7,14H,8-11H2,1-3H3/q6*+1. The monoisotopic (exact) mass is 1820 g/mol. The molecule has 0 aromatic heterocycles. The number of fused-ring (bicyclic) bond motifs is 10. The first kappa shape index (κ1) is 107. The van der Waals surface area contributed by atoms with Gasteiger partial charge in [-0.05, 0) is 221 Å². The number of hydrogen-bond acceptors (Lipinski definition) is 12. The molecule has 0 saturated heterocycles. The van der Waals surface area contributed by atoms with Crippen molar-refractivity contribution in [1.82, 2.24) is 0 Å². The second-order valence-corrected chi connectivity index (χ2v) is 39.4. The van der Waals surface area contributed by atoms with Crippen LogP contribution in [0.15, 0.2) is 194 Å². The van der Waals surface area contributed by atoms with Crippen LogP contribution < -0.4 is 0 Å². The van der Waals surface area contributed by atoms with Gasteiger partial charge in [0.2, 0.25) is 0 Å². The SMILES string of the molecule is CCCC[N+](CC)(CCC)CCOC(=O)C1CCc2ccccc21.CCC[N+](CC)(CCC)CCOC(=O)C1CCc2ccccc21.CC[N+](CC)(CC)CCOC(=O)C1CCc2ccccc21.CC[N+](CC)(CC)CCOC(=O)C1c2ccccc2-c2ccccc21.C[N+](C)(C)CCOC(=O)C1CCc2ccccc21.C[N+](C)(C)CCOC(=O)C1c2ccccc2-c2ccccc21. The molecular formula is C115H166N6O12+6. The Kier molecular flexibility index (Phi) is 42.2. The van der Waals surface area contributed by atoms with Crippen LogP contribution >= 0.6 is 0 Å². The lowest BCUT2D eigenvalue weighted by atomic mass is 9.97. The highest BCUT2D eigenvalue weighted by Crippen LogP contribution is 2.47. The van der Waals surface area contributed by atoms with Crippen LogP contribution in [0.1, 0.15) is 243 Å². The summed E-state index contributed by atoms with van der Waals surface area (Å²) in [6.45, 7) is 48.6. The fourth-order valence-corrected chi connectivity index (χ4v) is 20.6. The molecule has 0 bridgehead atoms. The van der Waals surface area contributed by atoms with E-state index in [9.17, 15) is 28.8 Å². The summed E-state index contributed by atoms with van der Waals surface area (Å²) in [7, 11) is 12.6. The number of nitrogens with zero attached hydrogens (tertiary/aromatic N) is 6. The number of rotatable bonds is 41. The molecule has 8 aromatic rings. The van der Waals surface area contributed by atoms with Gasteiger partial charge in [0.1, 0.15) is 90.7 Å². The molecule has 0 aliphatic heterocycles. The van der Waals surface area contributed by atoms with Crippen molar-refractivity contribution in [1.29, 1.82) is 0 Å². The molecule has 18 nitrogen and oxygen atoms in total. The number of carbonyl (C=O) groups is 6. The minimum absolute atomic E-state index is 0.0267. The lowest BCUT2D eigenvalue weighted by Gasteiger charge is -2.37. The zero-order valence-corrected chi connectivity index (χ0v) is 84.7. The fourth-order valence-electron chi connectivity index (χ4n) is 20.6. The van der Waals surface area contributed by atoms with E-state index in [0.29, 0.717) is 39.6 Å². The van der Waals surface area contributed by atoms with Crippen LogP contribution in [0.3, 0.4) is 0 Å². The van der Waals surface area contributed by atoms with E-state index in [-0.39, 0.29) is 71.3 Å². The Balaban J connectivity index is 0.000000180. The summed E-state index contributed by atoms with van der Waals surface area (Å²) in [6, 6.07) is 65.5. The van der Waals surface area contributed by atoms with Crippen molar-refractivity contribution >= 4 is 35.8 Å². The number of unbranched alkanes of at least 4 members (excludes halogenated alkanes) is 1. The number of esters is 6. The van der Waals surface area contributed by atoms with Crippen LogP contribution in [0.4, 0.5) is 0 Å². The summed E-state index contributed by atoms with van der Waals surface area (Å²) >= 11 is 0. The van der Waals surface area contributed by atoms with Gasteiger partial charge in [-0.1, -0.05) is 228 Å². The molecule has 0 heterocycles. The quantitative estimate of drug-likeness (QED) is 0.0203. The third kappa shape index (κ3) is 29.4. The van der Waals surface area contributed by atoms with Crippen LogP contribution in [0.2, 0.25) is 0 Å². The predicted molar refractivity (Wildman–Crippen MR) is 539 cm³/mol. The van der Waals surface area contributed by atoms with Gasteiger partial charge in [-0.15, -0.1) is 0 Å². The fraction of sp³-hybridized carbons (Fsp3) is 0.530. The molecule has 0 N–H and O–H groups in total. The maximum Gasteiger partial charge on any atom is 0.318 e. The molecule has 18 heteroatoms. The summed E-state index contributed by atoms with van der Waals surface area (Å²) in [5.74, 6) is -1.21. The molecular weight excluding hydrogens is 1660 g/mol. The van der Waals surface area contributed by atoms with Gasteiger partial charge in [-0.2, -0.15) is 0 Å². The Bertz CT molecular complexity index is 4870. The smallest absolute Gasteiger partial charge is 0.318 e. The van der Waals surface area contributed by atoms with Gasteiger partial charge in [0, 0.05) is 0 Å². The first-order valence-electron chi connectivity index (χ1n) is 50.7. The molecule has 0 radical (unpaired) electrons. The number of benzene rings is 8. The molecule has 133 heavy (non-hydrogen) atoms. The van der Waals surface area contributed by atoms with Gasteiger partial charge in [0.15, 0.2) is 0 Å². The number of likely N-dealkylation sites (N-methyl/N-ethyl adjacent to an activating group) is 6. The molecule has 0 saturated carbocycles. The lowest BCUT2D eigenvalue weighted by Crippen LogP contribution is -2.51. The van der Waals surface area contributed by atoms with Crippen molar-refractivity contribution in [3.8, 4) is 22.3 Å². The molecule has 0 spiro atoms. The Morgan fingerprint density at radius 3 is 0.662 bits per heavy atom. The normalized spacial score (nSPS) is 16.4. The van der Waals surface area contributed by atoms with E-state index in [1.54, 1.807) is 0 Å². The molecule has 0 amide bonds. The summed E-state index contributed by atoms with van der Waals surface area (Å²) in [4.78, 5) is 74.9. The molecule has 8 aromatic carbocycles. The van der Waals surface area contributed by atoms with Crippen molar-refractivity contribution in [3.05, 3.63) is 261 Å². The molecule has 6 aliphatic rings. The summed E-state index contributed by atoms with van der Waals surface area (Å²) in [5, 5.41) is 0. The summed E-state index contributed by atoms with van der Waals surface area (Å²) in [5.41, 5.74) is 18.7. The predicted octanol–water partition coefficient (Wildman–Crippen LogP) is 20.6. The Morgan fingerprint density at radius 1 is 0.233 bits per heavy atom. The summed E-state index contributed by atoms with van der Waals surface area (Å²) in [6.07, 6.45) is 13.6. The highest BCUT2D eigenvalue weighted by Gasteiger charge is 2.40. The Hall–Kier alpha value is -9.66. The van der Waals surface area contributed by atoms with Crippen molar-refractivity contribution in [2.24, 2.45) is 0 Å². The Morgan fingerprint density at radius 2 is 0.436 bits per heavy atom.